The van der Waals surface area contributed by atoms with Crippen LogP contribution in [0.1, 0.15) is 5.56 Å². The number of phenolic OH excluding ortho intramolecular Hbond substituents is 1. The van der Waals surface area contributed by atoms with Crippen molar-refractivity contribution in [3.63, 3.8) is 0 Å². The van der Waals surface area contributed by atoms with Crippen LogP contribution >= 0.6 is 11.6 Å². The molecule has 3 N–H and O–H groups in total. The Morgan fingerprint density at radius 2 is 2.09 bits per heavy atom. The van der Waals surface area contributed by atoms with Gasteiger partial charge in [-0.25, -0.2) is 5.43 Å². The number of hydrogen-bond acceptors (Lipinski definition) is 5. The second-order valence-corrected chi connectivity index (χ2v) is 4.97. The summed E-state index contributed by atoms with van der Waals surface area (Å²) in [6.45, 7) is 0.0982. The van der Waals surface area contributed by atoms with E-state index in [2.05, 4.69) is 15.8 Å². The molecule has 120 valence electrons. The third-order valence-corrected chi connectivity index (χ3v) is 3.19. The summed E-state index contributed by atoms with van der Waals surface area (Å²) in [6.07, 6.45) is 1.41. The highest BCUT2D eigenvalue weighted by Crippen LogP contribution is 2.34. The van der Waals surface area contributed by atoms with E-state index in [9.17, 15) is 9.90 Å². The first kappa shape index (κ1) is 16.6. The minimum atomic E-state index is -0.290. The van der Waals surface area contributed by atoms with Crippen molar-refractivity contribution in [3.8, 4) is 11.5 Å². The Morgan fingerprint density at radius 3 is 2.78 bits per heavy atom. The van der Waals surface area contributed by atoms with Gasteiger partial charge in [-0.3, -0.25) is 4.79 Å². The zero-order valence-electron chi connectivity index (χ0n) is 12.4. The molecule has 0 heterocycles. The Morgan fingerprint density at radius 1 is 1.35 bits per heavy atom. The molecule has 0 unspecified atom stereocenters. The Hall–Kier alpha value is -2.73. The van der Waals surface area contributed by atoms with Gasteiger partial charge in [0.15, 0.2) is 11.5 Å². The first-order chi connectivity index (χ1) is 11.1. The van der Waals surface area contributed by atoms with Crippen molar-refractivity contribution in [2.24, 2.45) is 5.10 Å². The van der Waals surface area contributed by atoms with Crippen LogP contribution in [0.5, 0.6) is 11.5 Å². The molecule has 0 aliphatic heterocycles. The Kier molecular flexibility index (Phi) is 5.82. The van der Waals surface area contributed by atoms with E-state index in [1.807, 2.05) is 30.3 Å². The number of benzene rings is 2. The van der Waals surface area contributed by atoms with E-state index < -0.39 is 0 Å². The summed E-state index contributed by atoms with van der Waals surface area (Å²) >= 11 is 5.87. The van der Waals surface area contributed by atoms with E-state index in [4.69, 9.17) is 16.3 Å². The molecule has 0 saturated carbocycles. The molecule has 0 radical (unpaired) electrons. The van der Waals surface area contributed by atoms with Crippen LogP contribution in [0.2, 0.25) is 5.02 Å². The number of nitrogens with one attached hydrogen (secondary N) is 2. The molecular formula is C16H16ClN3O3. The average Bonchev–Trinajstić information content (AvgIpc) is 2.57. The summed E-state index contributed by atoms with van der Waals surface area (Å²) in [6, 6.07) is 12.4. The minimum absolute atomic E-state index is 0.0982. The van der Waals surface area contributed by atoms with Gasteiger partial charge < -0.3 is 15.2 Å². The number of aromatic hydroxyl groups is 1. The van der Waals surface area contributed by atoms with Crippen molar-refractivity contribution in [2.75, 3.05) is 19.0 Å². The van der Waals surface area contributed by atoms with Gasteiger partial charge in [-0.15, -0.1) is 0 Å². The number of para-hydroxylation sites is 1. The lowest BCUT2D eigenvalue weighted by molar-refractivity contribution is -0.119. The van der Waals surface area contributed by atoms with Gasteiger partial charge in [-0.05, 0) is 29.8 Å². The zero-order chi connectivity index (χ0) is 16.7. The average molecular weight is 334 g/mol. The Bertz CT molecular complexity index is 705. The standard InChI is InChI=1S/C16H16ClN3O3/c1-23-14-8-11(7-13(17)16(14)22)9-19-20-15(21)10-18-12-5-3-2-4-6-12/h2-9,18,22H,10H2,1H3,(H,20,21)/b19-9+. The molecule has 0 aliphatic carbocycles. The highest BCUT2D eigenvalue weighted by Gasteiger charge is 2.07. The van der Waals surface area contributed by atoms with Gasteiger partial charge in [-0.2, -0.15) is 5.10 Å². The van der Waals surface area contributed by atoms with E-state index in [1.165, 1.54) is 19.4 Å². The highest BCUT2D eigenvalue weighted by atomic mass is 35.5. The van der Waals surface area contributed by atoms with Crippen LogP contribution in [0.3, 0.4) is 0 Å². The first-order valence-electron chi connectivity index (χ1n) is 6.77. The molecule has 0 aromatic heterocycles. The SMILES string of the molecule is COc1cc(/C=N/NC(=O)CNc2ccccc2)cc(Cl)c1O. The van der Waals surface area contributed by atoms with E-state index in [1.54, 1.807) is 6.07 Å². The van der Waals surface area contributed by atoms with Crippen molar-refractivity contribution >= 4 is 29.4 Å². The fourth-order valence-corrected chi connectivity index (χ4v) is 2.00. The third kappa shape index (κ3) is 4.89. The number of carbonyl (C=O) groups is 1. The molecule has 0 aliphatic rings. The molecule has 0 spiro atoms. The molecule has 0 fully saturated rings. The van der Waals surface area contributed by atoms with Crippen LogP contribution < -0.4 is 15.5 Å². The van der Waals surface area contributed by atoms with Gasteiger partial charge in [0.05, 0.1) is 24.9 Å². The number of methoxy groups -OCH3 is 1. The molecule has 23 heavy (non-hydrogen) atoms. The first-order valence-corrected chi connectivity index (χ1v) is 7.15. The number of rotatable bonds is 6. The van der Waals surface area contributed by atoms with Gasteiger partial charge in [0, 0.05) is 5.69 Å². The molecule has 2 aromatic carbocycles. The number of hydrazone groups is 1. The molecular weight excluding hydrogens is 318 g/mol. The summed E-state index contributed by atoms with van der Waals surface area (Å²) in [5, 5.41) is 16.6. The fourth-order valence-electron chi connectivity index (χ4n) is 1.78. The molecule has 1 amide bonds. The van der Waals surface area contributed by atoms with Crippen molar-refractivity contribution in [1.82, 2.24) is 5.43 Å². The molecule has 7 heteroatoms. The lowest BCUT2D eigenvalue weighted by atomic mass is 10.2. The predicted octanol–water partition coefficient (Wildman–Crippen LogP) is 2.62. The molecule has 2 rings (SSSR count). The van der Waals surface area contributed by atoms with E-state index in [0.29, 0.717) is 5.56 Å². The normalized spacial score (nSPS) is 10.5. The number of phenols is 1. The van der Waals surface area contributed by atoms with Crippen LogP contribution in [0.4, 0.5) is 5.69 Å². The molecule has 0 saturated heterocycles. The molecule has 2 aromatic rings. The second kappa shape index (κ2) is 8.05. The van der Waals surface area contributed by atoms with Gasteiger partial charge in [0.25, 0.3) is 5.91 Å². The molecule has 6 nitrogen and oxygen atoms in total. The number of carbonyl (C=O) groups excluding carboxylic acids is 1. The van der Waals surface area contributed by atoms with Crippen molar-refractivity contribution in [2.45, 2.75) is 0 Å². The number of anilines is 1. The van der Waals surface area contributed by atoms with Crippen molar-refractivity contribution in [3.05, 3.63) is 53.1 Å². The largest absolute Gasteiger partial charge is 0.503 e. The van der Waals surface area contributed by atoms with Crippen LogP contribution in [0.15, 0.2) is 47.6 Å². The van der Waals surface area contributed by atoms with Crippen LogP contribution in [0, 0.1) is 0 Å². The summed E-state index contributed by atoms with van der Waals surface area (Å²) in [4.78, 5) is 11.7. The molecule has 0 atom stereocenters. The Labute approximate surface area is 138 Å². The lowest BCUT2D eigenvalue weighted by Gasteiger charge is -2.06. The van der Waals surface area contributed by atoms with Crippen LogP contribution in [0.25, 0.3) is 0 Å². The summed E-state index contributed by atoms with van der Waals surface area (Å²) in [5.41, 5.74) is 3.83. The number of ether oxygens (including phenoxy) is 1. The number of halogens is 1. The van der Waals surface area contributed by atoms with Crippen LogP contribution in [-0.4, -0.2) is 30.9 Å². The van der Waals surface area contributed by atoms with Gasteiger partial charge in [-0.1, -0.05) is 29.8 Å². The quantitative estimate of drug-likeness (QED) is 0.560. The van der Waals surface area contributed by atoms with E-state index >= 15 is 0 Å². The molecule has 0 bridgehead atoms. The van der Waals surface area contributed by atoms with E-state index in [0.717, 1.165) is 5.69 Å². The maximum Gasteiger partial charge on any atom is 0.259 e. The number of nitrogens with zero attached hydrogens (tertiary/aromatic N) is 1. The maximum atomic E-state index is 11.7. The lowest BCUT2D eigenvalue weighted by Crippen LogP contribution is -2.25. The van der Waals surface area contributed by atoms with Crippen molar-refractivity contribution in [1.29, 1.82) is 0 Å². The number of hydrogen-bond donors (Lipinski definition) is 3. The summed E-state index contributed by atoms with van der Waals surface area (Å²) in [7, 11) is 1.42. The van der Waals surface area contributed by atoms with Gasteiger partial charge in [0.2, 0.25) is 0 Å². The summed E-state index contributed by atoms with van der Waals surface area (Å²) < 4.78 is 4.99. The third-order valence-electron chi connectivity index (χ3n) is 2.90. The fraction of sp³-hybridized carbons (Fsp3) is 0.125. The van der Waals surface area contributed by atoms with Gasteiger partial charge in [0.1, 0.15) is 0 Å². The number of amides is 1. The zero-order valence-corrected chi connectivity index (χ0v) is 13.2. The van der Waals surface area contributed by atoms with Gasteiger partial charge >= 0.3 is 0 Å². The minimum Gasteiger partial charge on any atom is -0.503 e. The smallest absolute Gasteiger partial charge is 0.259 e. The Balaban J connectivity index is 1.89. The second-order valence-electron chi connectivity index (χ2n) is 4.57. The summed E-state index contributed by atoms with van der Waals surface area (Å²) in [5.74, 6) is -0.194. The van der Waals surface area contributed by atoms with Crippen LogP contribution in [-0.2, 0) is 4.79 Å². The predicted molar refractivity (Wildman–Crippen MR) is 90.3 cm³/mol. The van der Waals surface area contributed by atoms with E-state index in [-0.39, 0.29) is 29.0 Å². The highest BCUT2D eigenvalue weighted by molar-refractivity contribution is 6.32. The topological polar surface area (TPSA) is 83.0 Å². The van der Waals surface area contributed by atoms with Crippen molar-refractivity contribution < 1.29 is 14.6 Å². The monoisotopic (exact) mass is 333 g/mol. The maximum absolute atomic E-state index is 11.7.